The Morgan fingerprint density at radius 1 is 1.42 bits per heavy atom. The number of esters is 1. The van der Waals surface area contributed by atoms with E-state index in [0.717, 1.165) is 16.2 Å². The molecular weight excluding hydrogens is 326 g/mol. The molecular formula is C16H19N5O2S. The van der Waals surface area contributed by atoms with E-state index in [2.05, 4.69) is 20.4 Å². The van der Waals surface area contributed by atoms with E-state index in [1.807, 2.05) is 39.1 Å². The highest BCUT2D eigenvalue weighted by Crippen LogP contribution is 2.24. The van der Waals surface area contributed by atoms with Gasteiger partial charge in [0.05, 0.1) is 11.9 Å². The number of nitrogens with one attached hydrogen (secondary N) is 1. The van der Waals surface area contributed by atoms with Crippen LogP contribution in [0.4, 0.5) is 5.13 Å². The summed E-state index contributed by atoms with van der Waals surface area (Å²) in [6.45, 7) is 7.28. The average Bonchev–Trinajstić information content (AvgIpc) is 3.04. The number of ether oxygens (including phenoxy) is 1. The van der Waals surface area contributed by atoms with Gasteiger partial charge in [-0.3, -0.25) is 4.98 Å². The van der Waals surface area contributed by atoms with Crippen LogP contribution in [-0.2, 0) is 9.53 Å². The molecule has 126 valence electrons. The molecule has 0 saturated heterocycles. The van der Waals surface area contributed by atoms with Crippen molar-refractivity contribution in [1.82, 2.24) is 19.6 Å². The van der Waals surface area contributed by atoms with Crippen LogP contribution in [0.3, 0.4) is 0 Å². The first kappa shape index (κ1) is 16.4. The molecule has 1 atom stereocenters. The minimum absolute atomic E-state index is 0.314. The fourth-order valence-corrected chi connectivity index (χ4v) is 2.91. The fourth-order valence-electron chi connectivity index (χ4n) is 2.05. The number of hydrogen-bond acceptors (Lipinski definition) is 7. The zero-order chi connectivity index (χ0) is 17.3. The third kappa shape index (κ3) is 3.70. The van der Waals surface area contributed by atoms with Gasteiger partial charge in [0.15, 0.2) is 0 Å². The van der Waals surface area contributed by atoms with E-state index in [0.29, 0.717) is 5.13 Å². The summed E-state index contributed by atoms with van der Waals surface area (Å²) in [5.74, 6) is -0.314. The minimum atomic E-state index is -0.511. The van der Waals surface area contributed by atoms with Crippen molar-refractivity contribution in [2.24, 2.45) is 0 Å². The largest absolute Gasteiger partial charge is 0.458 e. The molecule has 3 aromatic rings. The van der Waals surface area contributed by atoms with Crippen molar-refractivity contribution in [3.63, 3.8) is 0 Å². The standard InChI is InChI=1S/C16H19N5O2S/c1-10(13(22)23-16(2,3)4)18-14-20-21-9-12(19-15(21)24-14)11-6-5-7-17-8-11/h5-10H,1-4H3,(H,18,20)/t10-/m1/s1. The molecule has 1 N–H and O–H groups in total. The Labute approximate surface area is 143 Å². The number of aromatic nitrogens is 4. The van der Waals surface area contributed by atoms with Crippen molar-refractivity contribution in [2.75, 3.05) is 5.32 Å². The normalized spacial score (nSPS) is 13.0. The molecule has 0 aliphatic rings. The number of carbonyl (C=O) groups excluding carboxylic acids is 1. The molecule has 0 fully saturated rings. The third-order valence-electron chi connectivity index (χ3n) is 3.10. The summed E-state index contributed by atoms with van der Waals surface area (Å²) in [7, 11) is 0. The molecule has 0 aromatic carbocycles. The Kier molecular flexibility index (Phi) is 4.23. The van der Waals surface area contributed by atoms with Crippen LogP contribution in [0.1, 0.15) is 27.7 Å². The van der Waals surface area contributed by atoms with Gasteiger partial charge >= 0.3 is 5.97 Å². The summed E-state index contributed by atoms with van der Waals surface area (Å²) >= 11 is 1.38. The molecule has 3 rings (SSSR count). The van der Waals surface area contributed by atoms with Crippen molar-refractivity contribution in [3.05, 3.63) is 30.7 Å². The SMILES string of the molecule is C[C@@H](Nc1nn2cc(-c3cccnc3)nc2s1)C(=O)OC(C)(C)C. The molecule has 0 unspecified atom stereocenters. The van der Waals surface area contributed by atoms with Crippen molar-refractivity contribution < 1.29 is 9.53 Å². The van der Waals surface area contributed by atoms with Gasteiger partial charge in [0.25, 0.3) is 0 Å². The second kappa shape index (κ2) is 6.20. The van der Waals surface area contributed by atoms with Crippen LogP contribution >= 0.6 is 11.3 Å². The highest BCUT2D eigenvalue weighted by atomic mass is 32.1. The van der Waals surface area contributed by atoms with Gasteiger partial charge in [-0.2, -0.15) is 0 Å². The maximum Gasteiger partial charge on any atom is 0.328 e. The Bertz CT molecular complexity index is 819. The summed E-state index contributed by atoms with van der Waals surface area (Å²) in [5.41, 5.74) is 1.24. The molecule has 0 spiro atoms. The van der Waals surface area contributed by atoms with Gasteiger partial charge in [0, 0.05) is 18.0 Å². The molecule has 3 heterocycles. The lowest BCUT2D eigenvalue weighted by Crippen LogP contribution is -2.34. The lowest BCUT2D eigenvalue weighted by atomic mass is 10.2. The number of carbonyl (C=O) groups is 1. The summed E-state index contributed by atoms with van der Waals surface area (Å²) in [6, 6.07) is 3.33. The molecule has 0 saturated carbocycles. The van der Waals surface area contributed by atoms with Gasteiger partial charge in [-0.25, -0.2) is 14.3 Å². The Morgan fingerprint density at radius 3 is 2.83 bits per heavy atom. The second-order valence-corrected chi connectivity index (χ2v) is 7.36. The van der Waals surface area contributed by atoms with Crippen LogP contribution < -0.4 is 5.32 Å². The van der Waals surface area contributed by atoms with Crippen molar-refractivity contribution in [3.8, 4) is 11.3 Å². The number of rotatable bonds is 4. The Balaban J connectivity index is 1.73. The van der Waals surface area contributed by atoms with E-state index in [1.165, 1.54) is 11.3 Å². The lowest BCUT2D eigenvalue weighted by Gasteiger charge is -2.22. The van der Waals surface area contributed by atoms with Gasteiger partial charge in [-0.05, 0) is 39.8 Å². The minimum Gasteiger partial charge on any atom is -0.458 e. The number of fused-ring (bicyclic) bond motifs is 1. The van der Waals surface area contributed by atoms with E-state index in [4.69, 9.17) is 4.74 Å². The Hall–Kier alpha value is -2.48. The van der Waals surface area contributed by atoms with E-state index < -0.39 is 11.6 Å². The number of anilines is 1. The summed E-state index contributed by atoms with van der Waals surface area (Å²) in [5, 5.41) is 8.09. The monoisotopic (exact) mass is 345 g/mol. The predicted octanol–water partition coefficient (Wildman–Crippen LogP) is 2.99. The van der Waals surface area contributed by atoms with E-state index in [9.17, 15) is 4.79 Å². The summed E-state index contributed by atoms with van der Waals surface area (Å²) < 4.78 is 7.04. The van der Waals surface area contributed by atoms with Gasteiger partial charge in [0.2, 0.25) is 10.1 Å². The molecule has 24 heavy (non-hydrogen) atoms. The molecule has 8 heteroatoms. The molecule has 0 amide bonds. The fraction of sp³-hybridized carbons (Fsp3) is 0.375. The number of pyridine rings is 1. The van der Waals surface area contributed by atoms with Crippen LogP contribution in [0.25, 0.3) is 16.2 Å². The van der Waals surface area contributed by atoms with Crippen LogP contribution in [-0.4, -0.2) is 37.2 Å². The van der Waals surface area contributed by atoms with Crippen molar-refractivity contribution in [1.29, 1.82) is 0 Å². The summed E-state index contributed by atoms with van der Waals surface area (Å²) in [6.07, 6.45) is 5.32. The third-order valence-corrected chi connectivity index (χ3v) is 3.95. The van der Waals surface area contributed by atoms with Gasteiger partial charge in [-0.1, -0.05) is 11.3 Å². The van der Waals surface area contributed by atoms with Crippen LogP contribution in [0, 0.1) is 0 Å². The van der Waals surface area contributed by atoms with Crippen LogP contribution in [0.5, 0.6) is 0 Å². The maximum atomic E-state index is 12.0. The second-order valence-electron chi connectivity index (χ2n) is 6.40. The molecule has 3 aromatic heterocycles. The number of hydrogen-bond donors (Lipinski definition) is 1. The Morgan fingerprint density at radius 2 is 2.21 bits per heavy atom. The molecule has 0 bridgehead atoms. The topological polar surface area (TPSA) is 81.4 Å². The zero-order valence-corrected chi connectivity index (χ0v) is 14.8. The van der Waals surface area contributed by atoms with Crippen molar-refractivity contribution in [2.45, 2.75) is 39.3 Å². The highest BCUT2D eigenvalue weighted by Gasteiger charge is 2.22. The predicted molar refractivity (Wildman–Crippen MR) is 93.0 cm³/mol. The summed E-state index contributed by atoms with van der Waals surface area (Å²) in [4.78, 5) is 21.4. The first-order valence-electron chi connectivity index (χ1n) is 7.58. The van der Waals surface area contributed by atoms with Crippen LogP contribution in [0.15, 0.2) is 30.7 Å². The van der Waals surface area contributed by atoms with Gasteiger partial charge in [-0.15, -0.1) is 5.10 Å². The molecule has 0 radical (unpaired) electrons. The maximum absolute atomic E-state index is 12.0. The lowest BCUT2D eigenvalue weighted by molar-refractivity contribution is -0.155. The smallest absolute Gasteiger partial charge is 0.328 e. The first-order chi connectivity index (χ1) is 11.3. The first-order valence-corrected chi connectivity index (χ1v) is 8.39. The van der Waals surface area contributed by atoms with E-state index in [1.54, 1.807) is 23.8 Å². The quantitative estimate of drug-likeness (QED) is 0.732. The van der Waals surface area contributed by atoms with E-state index in [-0.39, 0.29) is 5.97 Å². The molecule has 0 aliphatic heterocycles. The van der Waals surface area contributed by atoms with Crippen LogP contribution in [0.2, 0.25) is 0 Å². The zero-order valence-electron chi connectivity index (χ0n) is 14.0. The van der Waals surface area contributed by atoms with Crippen molar-refractivity contribution >= 4 is 27.4 Å². The van der Waals surface area contributed by atoms with E-state index >= 15 is 0 Å². The molecule has 0 aliphatic carbocycles. The highest BCUT2D eigenvalue weighted by molar-refractivity contribution is 7.20. The number of nitrogens with zero attached hydrogens (tertiary/aromatic N) is 4. The number of imidazole rings is 1. The van der Waals surface area contributed by atoms with Gasteiger partial charge in [0.1, 0.15) is 11.6 Å². The van der Waals surface area contributed by atoms with Gasteiger partial charge < -0.3 is 10.1 Å². The molecule has 7 nitrogen and oxygen atoms in total. The average molecular weight is 345 g/mol.